The summed E-state index contributed by atoms with van der Waals surface area (Å²) in [5.41, 5.74) is 1.01. The lowest BCUT2D eigenvalue weighted by Gasteiger charge is -2.25. The number of benzene rings is 1. The number of hydrogen-bond donors (Lipinski definition) is 0. The number of nitrogens with zero attached hydrogens (tertiary/aromatic N) is 2. The lowest BCUT2D eigenvalue weighted by Crippen LogP contribution is -2.31. The third kappa shape index (κ3) is 2.78. The van der Waals surface area contributed by atoms with Crippen molar-refractivity contribution in [1.29, 1.82) is 0 Å². The van der Waals surface area contributed by atoms with Gasteiger partial charge in [-0.05, 0) is 37.1 Å². The van der Waals surface area contributed by atoms with Crippen LogP contribution < -0.4 is 9.47 Å². The summed E-state index contributed by atoms with van der Waals surface area (Å²) < 4.78 is 40.3. The third-order valence-corrected chi connectivity index (χ3v) is 6.39. The SMILES string of the molecule is COc1ccc(S(=O)(=O)N2CCC[C@H]2c2cccn2C)cc1OC. The minimum Gasteiger partial charge on any atom is -0.493 e. The zero-order valence-electron chi connectivity index (χ0n) is 14.1. The highest BCUT2D eigenvalue weighted by molar-refractivity contribution is 7.89. The molecule has 1 aromatic heterocycles. The molecule has 0 radical (unpaired) electrons. The molecular weight excluding hydrogens is 328 g/mol. The Hall–Kier alpha value is -1.99. The topological polar surface area (TPSA) is 60.8 Å². The van der Waals surface area contributed by atoms with E-state index in [4.69, 9.17) is 9.47 Å². The highest BCUT2D eigenvalue weighted by Crippen LogP contribution is 2.38. The van der Waals surface area contributed by atoms with Crippen LogP contribution in [0.25, 0.3) is 0 Å². The fourth-order valence-electron chi connectivity index (χ4n) is 3.26. The van der Waals surface area contributed by atoms with Crippen molar-refractivity contribution in [3.05, 3.63) is 42.2 Å². The monoisotopic (exact) mass is 350 g/mol. The van der Waals surface area contributed by atoms with Gasteiger partial charge in [-0.1, -0.05) is 0 Å². The van der Waals surface area contributed by atoms with E-state index in [0.717, 1.165) is 18.5 Å². The molecule has 1 fully saturated rings. The minimum atomic E-state index is -3.60. The molecule has 0 bridgehead atoms. The van der Waals surface area contributed by atoms with Crippen LogP contribution in [0.4, 0.5) is 0 Å². The second-order valence-corrected chi connectivity index (χ2v) is 7.73. The van der Waals surface area contributed by atoms with E-state index < -0.39 is 10.0 Å². The van der Waals surface area contributed by atoms with Crippen molar-refractivity contribution in [3.8, 4) is 11.5 Å². The van der Waals surface area contributed by atoms with E-state index >= 15 is 0 Å². The van der Waals surface area contributed by atoms with E-state index in [1.54, 1.807) is 16.4 Å². The van der Waals surface area contributed by atoms with Gasteiger partial charge in [0.25, 0.3) is 0 Å². The molecule has 1 aliphatic rings. The van der Waals surface area contributed by atoms with Gasteiger partial charge in [0.2, 0.25) is 10.0 Å². The Morgan fingerprint density at radius 3 is 2.50 bits per heavy atom. The summed E-state index contributed by atoms with van der Waals surface area (Å²) in [5, 5.41) is 0. The van der Waals surface area contributed by atoms with E-state index in [-0.39, 0.29) is 10.9 Å². The van der Waals surface area contributed by atoms with Gasteiger partial charge in [-0.2, -0.15) is 4.31 Å². The van der Waals surface area contributed by atoms with Gasteiger partial charge in [0.1, 0.15) is 0 Å². The van der Waals surface area contributed by atoms with Crippen LogP contribution in [0.3, 0.4) is 0 Å². The molecule has 2 heterocycles. The Kier molecular flexibility index (Phi) is 4.56. The molecule has 1 aromatic carbocycles. The van der Waals surface area contributed by atoms with Crippen LogP contribution >= 0.6 is 0 Å². The van der Waals surface area contributed by atoms with Crippen molar-refractivity contribution >= 4 is 10.0 Å². The van der Waals surface area contributed by atoms with E-state index in [1.165, 1.54) is 20.3 Å². The maximum absolute atomic E-state index is 13.1. The van der Waals surface area contributed by atoms with Gasteiger partial charge in [-0.15, -0.1) is 0 Å². The molecule has 24 heavy (non-hydrogen) atoms. The molecule has 1 aliphatic heterocycles. The molecule has 0 unspecified atom stereocenters. The first-order valence-electron chi connectivity index (χ1n) is 7.84. The Morgan fingerprint density at radius 2 is 1.88 bits per heavy atom. The van der Waals surface area contributed by atoms with E-state index in [9.17, 15) is 8.42 Å². The fraction of sp³-hybridized carbons (Fsp3) is 0.412. The van der Waals surface area contributed by atoms with Crippen molar-refractivity contribution in [2.45, 2.75) is 23.8 Å². The molecule has 6 nitrogen and oxygen atoms in total. The maximum atomic E-state index is 13.1. The Bertz CT molecular complexity index is 829. The summed E-state index contributed by atoms with van der Waals surface area (Å²) in [6.07, 6.45) is 3.61. The van der Waals surface area contributed by atoms with E-state index in [2.05, 4.69) is 0 Å². The fourth-order valence-corrected chi connectivity index (χ4v) is 4.94. The van der Waals surface area contributed by atoms with Gasteiger partial charge >= 0.3 is 0 Å². The Morgan fingerprint density at radius 1 is 1.12 bits per heavy atom. The minimum absolute atomic E-state index is 0.136. The first-order valence-corrected chi connectivity index (χ1v) is 9.28. The van der Waals surface area contributed by atoms with Crippen LogP contribution in [-0.4, -0.2) is 38.1 Å². The van der Waals surface area contributed by atoms with Crippen molar-refractivity contribution in [1.82, 2.24) is 8.87 Å². The average Bonchev–Trinajstić information content (AvgIpc) is 3.22. The predicted octanol–water partition coefficient (Wildman–Crippen LogP) is 2.57. The number of methoxy groups -OCH3 is 2. The van der Waals surface area contributed by atoms with E-state index in [1.807, 2.05) is 29.9 Å². The molecule has 3 rings (SSSR count). The van der Waals surface area contributed by atoms with Crippen molar-refractivity contribution in [2.75, 3.05) is 20.8 Å². The lowest BCUT2D eigenvalue weighted by molar-refractivity contribution is 0.353. The molecule has 0 saturated carbocycles. The number of aromatic nitrogens is 1. The average molecular weight is 350 g/mol. The third-order valence-electron chi connectivity index (χ3n) is 4.49. The largest absolute Gasteiger partial charge is 0.493 e. The predicted molar refractivity (Wildman–Crippen MR) is 90.8 cm³/mol. The summed E-state index contributed by atoms with van der Waals surface area (Å²) in [4.78, 5) is 0.223. The number of hydrogen-bond acceptors (Lipinski definition) is 4. The molecule has 0 amide bonds. The summed E-state index contributed by atoms with van der Waals surface area (Å²) in [6.45, 7) is 0.520. The number of rotatable bonds is 5. The van der Waals surface area contributed by atoms with Gasteiger partial charge < -0.3 is 14.0 Å². The molecule has 2 aromatic rings. The standard InChI is InChI=1S/C17H22N2O4S/c1-18-10-4-6-14(18)15-7-5-11-19(15)24(20,21)13-8-9-16(22-2)17(12-13)23-3/h4,6,8-10,12,15H,5,7,11H2,1-3H3/t15-/m0/s1. The Labute approximate surface area is 142 Å². The summed E-state index contributed by atoms with van der Waals surface area (Å²) >= 11 is 0. The highest BCUT2D eigenvalue weighted by atomic mass is 32.2. The first-order chi connectivity index (χ1) is 11.5. The number of aryl methyl sites for hydroxylation is 1. The lowest BCUT2D eigenvalue weighted by atomic mass is 10.1. The summed E-state index contributed by atoms with van der Waals surface area (Å²) in [5.74, 6) is 0.921. The zero-order chi connectivity index (χ0) is 17.3. The molecule has 7 heteroatoms. The summed E-state index contributed by atoms with van der Waals surface area (Å²) in [6, 6.07) is 8.50. The van der Waals surface area contributed by atoms with Crippen LogP contribution in [0, 0.1) is 0 Å². The summed E-state index contributed by atoms with van der Waals surface area (Å²) in [7, 11) is 1.36. The van der Waals surface area contributed by atoms with Gasteiger partial charge in [-0.25, -0.2) is 8.42 Å². The van der Waals surface area contributed by atoms with Crippen molar-refractivity contribution in [2.24, 2.45) is 7.05 Å². The zero-order valence-corrected chi connectivity index (χ0v) is 14.9. The van der Waals surface area contributed by atoms with Gasteiger partial charge in [0.15, 0.2) is 11.5 Å². The number of sulfonamides is 1. The van der Waals surface area contributed by atoms with Gasteiger partial charge in [0.05, 0.1) is 25.2 Å². The quantitative estimate of drug-likeness (QED) is 0.831. The van der Waals surface area contributed by atoms with Crippen LogP contribution in [0.2, 0.25) is 0 Å². The van der Waals surface area contributed by atoms with Crippen LogP contribution in [-0.2, 0) is 17.1 Å². The van der Waals surface area contributed by atoms with Crippen LogP contribution in [0.5, 0.6) is 11.5 Å². The normalized spacial score (nSPS) is 18.7. The number of ether oxygens (including phenoxy) is 2. The second kappa shape index (κ2) is 6.49. The van der Waals surface area contributed by atoms with Crippen LogP contribution in [0.1, 0.15) is 24.6 Å². The smallest absolute Gasteiger partial charge is 0.243 e. The van der Waals surface area contributed by atoms with Crippen molar-refractivity contribution < 1.29 is 17.9 Å². The molecular formula is C17H22N2O4S. The first kappa shape index (κ1) is 16.9. The van der Waals surface area contributed by atoms with Crippen molar-refractivity contribution in [3.63, 3.8) is 0 Å². The second-order valence-electron chi connectivity index (χ2n) is 5.83. The molecule has 130 valence electrons. The van der Waals surface area contributed by atoms with E-state index in [0.29, 0.717) is 18.0 Å². The molecule has 1 saturated heterocycles. The van der Waals surface area contributed by atoms with Crippen LogP contribution in [0.15, 0.2) is 41.4 Å². The molecule has 0 spiro atoms. The van der Waals surface area contributed by atoms with Gasteiger partial charge in [-0.3, -0.25) is 0 Å². The molecule has 0 aliphatic carbocycles. The maximum Gasteiger partial charge on any atom is 0.243 e. The molecule has 0 N–H and O–H groups in total. The highest BCUT2D eigenvalue weighted by Gasteiger charge is 2.37. The molecule has 1 atom stereocenters. The Balaban J connectivity index is 1.99. The van der Waals surface area contributed by atoms with Gasteiger partial charge in [0, 0.05) is 31.5 Å².